The number of aliphatic hydroxyl groups is 1. The molecule has 0 rings (SSSR count). The molecule has 1 atom stereocenters. The average molecular weight is 130 g/mol. The predicted molar refractivity (Wildman–Crippen MR) is 32.6 cm³/mol. The third-order valence-corrected chi connectivity index (χ3v) is 0.858. The van der Waals surface area contributed by atoms with E-state index < -0.39 is 12.1 Å². The summed E-state index contributed by atoms with van der Waals surface area (Å²) in [6.45, 7) is 4.85. The first-order chi connectivity index (χ1) is 4.22. The fraction of sp³-hybridized carbons (Fsp3) is 0.500. The van der Waals surface area contributed by atoms with Crippen LogP contribution in [0, 0.1) is 0 Å². The standard InChI is InChI=1S/C6H10O3/c1-3-5(7)6(8)9-4-2/h4-5,7H,2-3H2,1H3. The number of rotatable bonds is 3. The summed E-state index contributed by atoms with van der Waals surface area (Å²) < 4.78 is 4.27. The van der Waals surface area contributed by atoms with E-state index in [4.69, 9.17) is 5.11 Å². The zero-order chi connectivity index (χ0) is 7.28. The van der Waals surface area contributed by atoms with Gasteiger partial charge < -0.3 is 9.84 Å². The van der Waals surface area contributed by atoms with Gasteiger partial charge in [0.05, 0.1) is 6.26 Å². The molecule has 1 N–H and O–H groups in total. The smallest absolute Gasteiger partial charge is 0.339 e. The summed E-state index contributed by atoms with van der Waals surface area (Å²) in [7, 11) is 0. The lowest BCUT2D eigenvalue weighted by Gasteiger charge is -2.02. The summed E-state index contributed by atoms with van der Waals surface area (Å²) in [6, 6.07) is 0. The van der Waals surface area contributed by atoms with Crippen molar-refractivity contribution >= 4 is 5.97 Å². The molecular weight excluding hydrogens is 120 g/mol. The molecule has 0 heterocycles. The highest BCUT2D eigenvalue weighted by atomic mass is 16.5. The Hall–Kier alpha value is -0.830. The van der Waals surface area contributed by atoms with E-state index in [-0.39, 0.29) is 0 Å². The molecule has 0 aromatic heterocycles. The van der Waals surface area contributed by atoms with Crippen molar-refractivity contribution in [3.05, 3.63) is 12.8 Å². The van der Waals surface area contributed by atoms with E-state index >= 15 is 0 Å². The Morgan fingerprint density at radius 3 is 2.89 bits per heavy atom. The maximum Gasteiger partial charge on any atom is 0.339 e. The number of hydrogen-bond acceptors (Lipinski definition) is 3. The van der Waals surface area contributed by atoms with Crippen LogP contribution in [0.5, 0.6) is 0 Å². The summed E-state index contributed by atoms with van der Waals surface area (Å²) in [5, 5.41) is 8.74. The monoisotopic (exact) mass is 130 g/mol. The predicted octanol–water partition coefficient (Wildman–Crippen LogP) is 0.444. The van der Waals surface area contributed by atoms with Crippen molar-refractivity contribution in [2.45, 2.75) is 19.4 Å². The van der Waals surface area contributed by atoms with Gasteiger partial charge in [-0.05, 0) is 6.42 Å². The molecule has 9 heavy (non-hydrogen) atoms. The number of aliphatic hydroxyl groups excluding tert-OH is 1. The van der Waals surface area contributed by atoms with Gasteiger partial charge >= 0.3 is 5.97 Å². The minimum Gasteiger partial charge on any atom is -0.433 e. The molecular formula is C6H10O3. The molecule has 0 bridgehead atoms. The Balaban J connectivity index is 3.58. The highest BCUT2D eigenvalue weighted by Crippen LogP contribution is 1.92. The van der Waals surface area contributed by atoms with Gasteiger partial charge in [-0.3, -0.25) is 0 Å². The SMILES string of the molecule is C=COC(=O)C(O)CC. The molecule has 0 saturated carbocycles. The van der Waals surface area contributed by atoms with E-state index in [0.717, 1.165) is 6.26 Å². The maximum atomic E-state index is 10.4. The van der Waals surface area contributed by atoms with Gasteiger partial charge in [-0.1, -0.05) is 13.5 Å². The number of hydrogen-bond donors (Lipinski definition) is 1. The lowest BCUT2D eigenvalue weighted by molar-refractivity contribution is -0.147. The number of ether oxygens (including phenoxy) is 1. The normalized spacial score (nSPS) is 12.2. The average Bonchev–Trinajstić information content (AvgIpc) is 1.87. The first-order valence-electron chi connectivity index (χ1n) is 2.71. The fourth-order valence-electron chi connectivity index (χ4n) is 0.327. The molecule has 0 saturated heterocycles. The van der Waals surface area contributed by atoms with Crippen LogP contribution in [0.3, 0.4) is 0 Å². The van der Waals surface area contributed by atoms with E-state index in [1.165, 1.54) is 0 Å². The molecule has 0 fully saturated rings. The second kappa shape index (κ2) is 4.09. The van der Waals surface area contributed by atoms with Crippen molar-refractivity contribution in [2.24, 2.45) is 0 Å². The lowest BCUT2D eigenvalue weighted by Crippen LogP contribution is -2.19. The van der Waals surface area contributed by atoms with Gasteiger partial charge in [-0.15, -0.1) is 0 Å². The molecule has 3 nitrogen and oxygen atoms in total. The number of carbonyl (C=O) groups is 1. The van der Waals surface area contributed by atoms with E-state index in [9.17, 15) is 4.79 Å². The molecule has 0 aliphatic rings. The van der Waals surface area contributed by atoms with Gasteiger partial charge in [0.15, 0.2) is 6.10 Å². The van der Waals surface area contributed by atoms with Gasteiger partial charge in [0.2, 0.25) is 0 Å². The lowest BCUT2D eigenvalue weighted by atomic mass is 10.3. The highest BCUT2D eigenvalue weighted by molar-refractivity contribution is 5.74. The van der Waals surface area contributed by atoms with Crippen LogP contribution in [0.1, 0.15) is 13.3 Å². The highest BCUT2D eigenvalue weighted by Gasteiger charge is 2.11. The largest absolute Gasteiger partial charge is 0.433 e. The molecule has 52 valence electrons. The van der Waals surface area contributed by atoms with Gasteiger partial charge in [0.1, 0.15) is 0 Å². The van der Waals surface area contributed by atoms with Crippen molar-refractivity contribution in [3.63, 3.8) is 0 Å². The summed E-state index contributed by atoms with van der Waals surface area (Å²) in [5.74, 6) is -0.646. The second-order valence-electron chi connectivity index (χ2n) is 1.53. The summed E-state index contributed by atoms with van der Waals surface area (Å²) in [6.07, 6.45) is 0.358. The van der Waals surface area contributed by atoms with E-state index in [1.807, 2.05) is 0 Å². The molecule has 0 amide bonds. The molecule has 3 heteroatoms. The third kappa shape index (κ3) is 2.87. The van der Waals surface area contributed by atoms with Crippen molar-refractivity contribution < 1.29 is 14.6 Å². The summed E-state index contributed by atoms with van der Waals surface area (Å²) in [4.78, 5) is 10.4. The topological polar surface area (TPSA) is 46.5 Å². The zero-order valence-electron chi connectivity index (χ0n) is 5.33. The van der Waals surface area contributed by atoms with Crippen LogP contribution in [0.2, 0.25) is 0 Å². The van der Waals surface area contributed by atoms with Crippen LogP contribution in [0.4, 0.5) is 0 Å². The van der Waals surface area contributed by atoms with Crippen LogP contribution in [0.15, 0.2) is 12.8 Å². The molecule has 0 aliphatic carbocycles. The van der Waals surface area contributed by atoms with Crippen molar-refractivity contribution in [2.75, 3.05) is 0 Å². The third-order valence-electron chi connectivity index (χ3n) is 0.858. The Morgan fingerprint density at radius 1 is 2.00 bits per heavy atom. The Kier molecular flexibility index (Phi) is 3.71. The van der Waals surface area contributed by atoms with Crippen molar-refractivity contribution in [3.8, 4) is 0 Å². The summed E-state index contributed by atoms with van der Waals surface area (Å²) in [5.41, 5.74) is 0. The van der Waals surface area contributed by atoms with Crippen LogP contribution in [-0.4, -0.2) is 17.2 Å². The van der Waals surface area contributed by atoms with Gasteiger partial charge in [-0.25, -0.2) is 4.79 Å². The summed E-state index contributed by atoms with van der Waals surface area (Å²) >= 11 is 0. The van der Waals surface area contributed by atoms with Gasteiger partial charge in [0.25, 0.3) is 0 Å². The van der Waals surface area contributed by atoms with Crippen LogP contribution in [0.25, 0.3) is 0 Å². The minimum absolute atomic E-state index is 0.368. The van der Waals surface area contributed by atoms with Gasteiger partial charge in [0, 0.05) is 0 Å². The van der Waals surface area contributed by atoms with E-state index in [0.29, 0.717) is 6.42 Å². The molecule has 0 radical (unpaired) electrons. The van der Waals surface area contributed by atoms with E-state index in [2.05, 4.69) is 11.3 Å². The minimum atomic E-state index is -1.01. The quantitative estimate of drug-likeness (QED) is 0.445. The molecule has 1 unspecified atom stereocenters. The van der Waals surface area contributed by atoms with E-state index in [1.54, 1.807) is 6.92 Å². The van der Waals surface area contributed by atoms with Crippen molar-refractivity contribution in [1.29, 1.82) is 0 Å². The second-order valence-corrected chi connectivity index (χ2v) is 1.53. The number of esters is 1. The maximum absolute atomic E-state index is 10.4. The van der Waals surface area contributed by atoms with Crippen molar-refractivity contribution in [1.82, 2.24) is 0 Å². The number of carbonyl (C=O) groups excluding carboxylic acids is 1. The Bertz CT molecular complexity index is 109. The fourth-order valence-corrected chi connectivity index (χ4v) is 0.327. The molecule has 0 aromatic rings. The van der Waals surface area contributed by atoms with Crippen LogP contribution >= 0.6 is 0 Å². The first kappa shape index (κ1) is 8.17. The van der Waals surface area contributed by atoms with Crippen LogP contribution in [-0.2, 0) is 9.53 Å². The first-order valence-corrected chi connectivity index (χ1v) is 2.71. The van der Waals surface area contributed by atoms with Gasteiger partial charge in [-0.2, -0.15) is 0 Å². The molecule has 0 aliphatic heterocycles. The molecule has 0 aromatic carbocycles. The Morgan fingerprint density at radius 2 is 2.56 bits per heavy atom. The molecule has 0 spiro atoms. The van der Waals surface area contributed by atoms with Crippen LogP contribution < -0.4 is 0 Å². The Labute approximate surface area is 53.9 Å². The zero-order valence-corrected chi connectivity index (χ0v) is 5.33.